The fourth-order valence-electron chi connectivity index (χ4n) is 3.06. The van der Waals surface area contributed by atoms with Crippen LogP contribution in [0.4, 0.5) is 18.9 Å². The van der Waals surface area contributed by atoms with E-state index in [1.165, 1.54) is 0 Å². The number of hydrogen-bond acceptors (Lipinski definition) is 4. The molecule has 1 aromatic heterocycles. The second-order valence-corrected chi connectivity index (χ2v) is 6.60. The first-order valence-electron chi connectivity index (χ1n) is 8.23. The number of benzene rings is 1. The van der Waals surface area contributed by atoms with Gasteiger partial charge in [0.25, 0.3) is 0 Å². The Morgan fingerprint density at radius 1 is 1.33 bits per heavy atom. The van der Waals surface area contributed by atoms with E-state index in [0.717, 1.165) is 31.1 Å². The van der Waals surface area contributed by atoms with Crippen LogP contribution in [0.15, 0.2) is 36.5 Å². The molecule has 1 aromatic carbocycles. The Hall–Kier alpha value is -2.48. The largest absolute Gasteiger partial charge is 0.481 e. The van der Waals surface area contributed by atoms with Crippen molar-refractivity contribution in [1.82, 2.24) is 4.98 Å². The number of carbonyl (C=O) groups is 1. The topological polar surface area (TPSA) is 62.7 Å². The van der Waals surface area contributed by atoms with E-state index in [2.05, 4.69) is 4.98 Å². The second kappa shape index (κ2) is 7.64. The van der Waals surface area contributed by atoms with E-state index in [-0.39, 0.29) is 23.4 Å². The molecule has 9 heteroatoms. The van der Waals surface area contributed by atoms with Crippen LogP contribution in [0.25, 0.3) is 0 Å². The number of hydrogen-bond donors (Lipinski definition) is 1. The second-order valence-electron chi connectivity index (χ2n) is 6.19. The summed E-state index contributed by atoms with van der Waals surface area (Å²) < 4.78 is 43.4. The number of carboxylic acid groups (broad SMARTS) is 1. The molecule has 1 saturated heterocycles. The van der Waals surface area contributed by atoms with Gasteiger partial charge in [0.2, 0.25) is 5.88 Å². The Balaban J connectivity index is 1.72. The van der Waals surface area contributed by atoms with Crippen molar-refractivity contribution in [3.05, 3.63) is 47.1 Å². The highest BCUT2D eigenvalue weighted by Gasteiger charge is 2.32. The van der Waals surface area contributed by atoms with Gasteiger partial charge in [0.15, 0.2) is 0 Å². The minimum absolute atomic E-state index is 0.0553. The Morgan fingerprint density at radius 2 is 2.04 bits per heavy atom. The van der Waals surface area contributed by atoms with Crippen molar-refractivity contribution >= 4 is 23.3 Å². The highest BCUT2D eigenvalue weighted by atomic mass is 35.5. The average Bonchev–Trinajstić information content (AvgIpc) is 3.04. The summed E-state index contributed by atoms with van der Waals surface area (Å²) >= 11 is 5.84. The van der Waals surface area contributed by atoms with E-state index < -0.39 is 17.7 Å². The van der Waals surface area contributed by atoms with E-state index in [4.69, 9.17) is 21.4 Å². The number of pyridine rings is 1. The summed E-state index contributed by atoms with van der Waals surface area (Å²) in [7, 11) is 0. The average molecular weight is 401 g/mol. The molecule has 1 fully saturated rings. The molecule has 3 rings (SSSR count). The van der Waals surface area contributed by atoms with Crippen molar-refractivity contribution in [3.63, 3.8) is 0 Å². The number of rotatable bonds is 5. The molecule has 0 aliphatic carbocycles. The van der Waals surface area contributed by atoms with Crippen molar-refractivity contribution in [2.75, 3.05) is 11.4 Å². The zero-order valence-electron chi connectivity index (χ0n) is 14.0. The first-order valence-corrected chi connectivity index (χ1v) is 8.61. The van der Waals surface area contributed by atoms with Crippen LogP contribution < -0.4 is 9.64 Å². The van der Waals surface area contributed by atoms with Crippen LogP contribution in [-0.4, -0.2) is 28.6 Å². The first kappa shape index (κ1) is 19.3. The standard InChI is InChI=1S/C18H16ClF3N2O3/c19-15-8-11(18(20,21)22)10-23-17(15)27-14-5-3-12(4-6-14)24-7-1-2-13(24)9-16(25)26/h3-6,8,10,13H,1-2,7,9H2,(H,25,26). The molecular weight excluding hydrogens is 385 g/mol. The van der Waals surface area contributed by atoms with Crippen LogP contribution in [-0.2, 0) is 11.0 Å². The normalized spacial score (nSPS) is 17.2. The summed E-state index contributed by atoms with van der Waals surface area (Å²) in [5, 5.41) is 8.77. The summed E-state index contributed by atoms with van der Waals surface area (Å²) in [5.74, 6) is -0.598. The highest BCUT2D eigenvalue weighted by Crippen LogP contribution is 2.35. The lowest BCUT2D eigenvalue weighted by Crippen LogP contribution is -2.31. The van der Waals surface area contributed by atoms with Gasteiger partial charge in [-0.1, -0.05) is 11.6 Å². The van der Waals surface area contributed by atoms with Crippen molar-refractivity contribution < 1.29 is 27.8 Å². The van der Waals surface area contributed by atoms with Gasteiger partial charge < -0.3 is 14.7 Å². The molecule has 1 aliphatic rings. The molecule has 1 atom stereocenters. The maximum absolute atomic E-state index is 12.6. The minimum atomic E-state index is -4.53. The molecule has 0 saturated carbocycles. The van der Waals surface area contributed by atoms with Crippen LogP contribution in [0, 0.1) is 0 Å². The Labute approximate surface area is 158 Å². The number of nitrogens with zero attached hydrogens (tertiary/aromatic N) is 2. The SMILES string of the molecule is O=C(O)CC1CCCN1c1ccc(Oc2ncc(C(F)(F)F)cc2Cl)cc1. The van der Waals surface area contributed by atoms with Crippen LogP contribution in [0.1, 0.15) is 24.8 Å². The third-order valence-corrected chi connectivity index (χ3v) is 4.58. The van der Waals surface area contributed by atoms with Gasteiger partial charge in [0, 0.05) is 24.5 Å². The number of halogens is 4. The third kappa shape index (κ3) is 4.63. The molecule has 2 heterocycles. The third-order valence-electron chi connectivity index (χ3n) is 4.31. The monoisotopic (exact) mass is 400 g/mol. The first-order chi connectivity index (χ1) is 12.7. The lowest BCUT2D eigenvalue weighted by molar-refractivity contribution is -0.138. The highest BCUT2D eigenvalue weighted by molar-refractivity contribution is 6.31. The van der Waals surface area contributed by atoms with Crippen molar-refractivity contribution in [2.45, 2.75) is 31.5 Å². The van der Waals surface area contributed by atoms with E-state index >= 15 is 0 Å². The Morgan fingerprint density at radius 3 is 2.63 bits per heavy atom. The predicted octanol–water partition coefficient (Wildman–Crippen LogP) is 4.99. The molecule has 27 heavy (non-hydrogen) atoms. The van der Waals surface area contributed by atoms with Gasteiger partial charge in [-0.25, -0.2) is 4.98 Å². The number of alkyl halides is 3. The summed E-state index contributed by atoms with van der Waals surface area (Å²) in [5.41, 5.74) is -0.0914. The molecule has 5 nitrogen and oxygen atoms in total. The maximum Gasteiger partial charge on any atom is 0.417 e. The fraction of sp³-hybridized carbons (Fsp3) is 0.333. The number of carboxylic acids is 1. The van der Waals surface area contributed by atoms with Gasteiger partial charge in [-0.3, -0.25) is 4.79 Å². The molecule has 0 spiro atoms. The summed E-state index contributed by atoms with van der Waals surface area (Å²) in [6, 6.07) is 7.53. The minimum Gasteiger partial charge on any atom is -0.481 e. The van der Waals surface area contributed by atoms with Gasteiger partial charge in [0.1, 0.15) is 10.8 Å². The molecule has 0 amide bonds. The number of aromatic nitrogens is 1. The van der Waals surface area contributed by atoms with Crippen LogP contribution in [0.3, 0.4) is 0 Å². The summed E-state index contributed by atoms with van der Waals surface area (Å²) in [6.45, 7) is 0.768. The quantitative estimate of drug-likeness (QED) is 0.766. The van der Waals surface area contributed by atoms with Crippen molar-refractivity contribution in [2.24, 2.45) is 0 Å². The lowest BCUT2D eigenvalue weighted by Gasteiger charge is -2.25. The van der Waals surface area contributed by atoms with Crippen LogP contribution in [0.5, 0.6) is 11.6 Å². The van der Waals surface area contributed by atoms with Gasteiger partial charge in [0.05, 0.1) is 12.0 Å². The molecule has 0 bridgehead atoms. The molecule has 2 aromatic rings. The zero-order valence-corrected chi connectivity index (χ0v) is 14.8. The zero-order chi connectivity index (χ0) is 19.6. The molecule has 1 aliphatic heterocycles. The van der Waals surface area contributed by atoms with Crippen LogP contribution in [0.2, 0.25) is 5.02 Å². The summed E-state index contributed by atoms with van der Waals surface area (Å²) in [4.78, 5) is 16.6. The number of anilines is 1. The predicted molar refractivity (Wildman–Crippen MR) is 93.4 cm³/mol. The van der Waals surface area contributed by atoms with E-state index in [1.54, 1.807) is 24.3 Å². The van der Waals surface area contributed by atoms with E-state index in [9.17, 15) is 18.0 Å². The van der Waals surface area contributed by atoms with Crippen molar-refractivity contribution in [1.29, 1.82) is 0 Å². The Kier molecular flexibility index (Phi) is 5.46. The maximum atomic E-state index is 12.6. The number of ether oxygens (including phenoxy) is 1. The number of aliphatic carboxylic acids is 1. The van der Waals surface area contributed by atoms with Gasteiger partial charge in [-0.2, -0.15) is 13.2 Å². The lowest BCUT2D eigenvalue weighted by atomic mass is 10.1. The molecule has 0 radical (unpaired) electrons. The van der Waals surface area contributed by atoms with Crippen LogP contribution >= 0.6 is 11.6 Å². The van der Waals surface area contributed by atoms with Gasteiger partial charge >= 0.3 is 12.1 Å². The van der Waals surface area contributed by atoms with E-state index in [0.29, 0.717) is 11.9 Å². The van der Waals surface area contributed by atoms with E-state index in [1.807, 2.05) is 4.90 Å². The smallest absolute Gasteiger partial charge is 0.417 e. The van der Waals surface area contributed by atoms with Gasteiger partial charge in [-0.15, -0.1) is 0 Å². The fourth-order valence-corrected chi connectivity index (χ4v) is 3.27. The molecule has 1 unspecified atom stereocenters. The van der Waals surface area contributed by atoms with Crippen molar-refractivity contribution in [3.8, 4) is 11.6 Å². The van der Waals surface area contributed by atoms with Gasteiger partial charge in [-0.05, 0) is 43.2 Å². The molecular formula is C18H16ClF3N2O3. The molecule has 1 N–H and O–H groups in total. The Bertz CT molecular complexity index is 828. The summed E-state index contributed by atoms with van der Waals surface area (Å²) in [6.07, 6.45) is -2.06. The molecule has 144 valence electrons.